The van der Waals surface area contributed by atoms with E-state index in [4.69, 9.17) is 11.0 Å². The Bertz CT molecular complexity index is 471. The highest BCUT2D eigenvalue weighted by Crippen LogP contribution is 2.26. The van der Waals surface area contributed by atoms with Crippen LogP contribution in [0, 0.1) is 11.3 Å². The summed E-state index contributed by atoms with van der Waals surface area (Å²) in [6.07, 6.45) is 3.19. The van der Waals surface area contributed by atoms with Crippen molar-refractivity contribution in [1.82, 2.24) is 4.98 Å². The van der Waals surface area contributed by atoms with Gasteiger partial charge in [0, 0.05) is 17.8 Å². The number of rotatable bonds is 3. The number of aromatic nitrogens is 1. The van der Waals surface area contributed by atoms with E-state index in [1.807, 2.05) is 19.9 Å². The minimum absolute atomic E-state index is 0.245. The minimum Gasteiger partial charge on any atom is -0.363 e. The SMILES string of the molecule is CC(C)(CN)Nc1nc2c(cc1C#N)CCC2. The van der Waals surface area contributed by atoms with Crippen molar-refractivity contribution in [3.8, 4) is 6.07 Å². The fourth-order valence-corrected chi connectivity index (χ4v) is 2.02. The van der Waals surface area contributed by atoms with Gasteiger partial charge in [0.2, 0.25) is 0 Å². The van der Waals surface area contributed by atoms with Gasteiger partial charge in [0.25, 0.3) is 0 Å². The lowest BCUT2D eigenvalue weighted by Crippen LogP contribution is -2.39. The molecule has 1 aromatic heterocycles. The lowest BCUT2D eigenvalue weighted by Gasteiger charge is -2.25. The normalized spacial score (nSPS) is 14.2. The summed E-state index contributed by atoms with van der Waals surface area (Å²) in [6.45, 7) is 4.50. The predicted molar refractivity (Wildman–Crippen MR) is 67.7 cm³/mol. The van der Waals surface area contributed by atoms with E-state index in [0.29, 0.717) is 17.9 Å². The van der Waals surface area contributed by atoms with E-state index in [-0.39, 0.29) is 5.54 Å². The third-order valence-electron chi connectivity index (χ3n) is 3.14. The van der Waals surface area contributed by atoms with Gasteiger partial charge in [-0.15, -0.1) is 0 Å². The zero-order valence-electron chi connectivity index (χ0n) is 10.4. The fraction of sp³-hybridized carbons (Fsp3) is 0.538. The van der Waals surface area contributed by atoms with E-state index < -0.39 is 0 Å². The van der Waals surface area contributed by atoms with Gasteiger partial charge in [-0.05, 0) is 44.7 Å². The number of nitriles is 1. The molecule has 0 radical (unpaired) electrons. The molecular formula is C13H18N4. The molecule has 2 rings (SSSR count). The smallest absolute Gasteiger partial charge is 0.144 e. The second-order valence-corrected chi connectivity index (χ2v) is 5.17. The van der Waals surface area contributed by atoms with Crippen LogP contribution in [0.3, 0.4) is 0 Å². The molecule has 4 nitrogen and oxygen atoms in total. The average molecular weight is 230 g/mol. The number of nitrogens with zero attached hydrogens (tertiary/aromatic N) is 2. The second kappa shape index (κ2) is 4.34. The first-order valence-corrected chi connectivity index (χ1v) is 5.97. The maximum absolute atomic E-state index is 9.16. The van der Waals surface area contributed by atoms with E-state index in [9.17, 15) is 0 Å². The molecule has 4 heteroatoms. The number of fused-ring (bicyclic) bond motifs is 1. The van der Waals surface area contributed by atoms with E-state index in [1.54, 1.807) is 0 Å². The number of pyridine rings is 1. The van der Waals surface area contributed by atoms with E-state index >= 15 is 0 Å². The van der Waals surface area contributed by atoms with E-state index in [2.05, 4.69) is 16.4 Å². The number of nitrogens with one attached hydrogen (secondary N) is 1. The molecule has 0 bridgehead atoms. The molecule has 1 heterocycles. The molecule has 1 aliphatic carbocycles. The van der Waals surface area contributed by atoms with Gasteiger partial charge < -0.3 is 11.1 Å². The van der Waals surface area contributed by atoms with Crippen LogP contribution in [0.5, 0.6) is 0 Å². The molecule has 1 aromatic rings. The van der Waals surface area contributed by atoms with Gasteiger partial charge >= 0.3 is 0 Å². The van der Waals surface area contributed by atoms with Crippen molar-refractivity contribution in [2.24, 2.45) is 5.73 Å². The summed E-state index contributed by atoms with van der Waals surface area (Å²) in [5, 5.41) is 12.4. The third kappa shape index (κ3) is 2.40. The van der Waals surface area contributed by atoms with Crippen LogP contribution < -0.4 is 11.1 Å². The Kier molecular flexibility index (Phi) is 3.03. The molecule has 3 N–H and O–H groups in total. The highest BCUT2D eigenvalue weighted by Gasteiger charge is 2.21. The number of hydrogen-bond acceptors (Lipinski definition) is 4. The first kappa shape index (κ1) is 11.9. The Hall–Kier alpha value is -1.60. The summed E-state index contributed by atoms with van der Waals surface area (Å²) in [5.41, 5.74) is 8.40. The van der Waals surface area contributed by atoms with Gasteiger partial charge in [0.15, 0.2) is 0 Å². The number of aryl methyl sites for hydroxylation is 2. The second-order valence-electron chi connectivity index (χ2n) is 5.17. The largest absolute Gasteiger partial charge is 0.363 e. The van der Waals surface area contributed by atoms with Crippen molar-refractivity contribution in [2.75, 3.05) is 11.9 Å². The molecule has 0 unspecified atom stereocenters. The van der Waals surface area contributed by atoms with Crippen LogP contribution in [0.4, 0.5) is 5.82 Å². The number of nitrogens with two attached hydrogens (primary N) is 1. The van der Waals surface area contributed by atoms with Crippen molar-refractivity contribution in [3.05, 3.63) is 22.9 Å². The Labute approximate surface area is 102 Å². The summed E-state index contributed by atoms with van der Waals surface area (Å²) in [6, 6.07) is 4.17. The van der Waals surface area contributed by atoms with Gasteiger partial charge in [-0.25, -0.2) is 4.98 Å². The monoisotopic (exact) mass is 230 g/mol. The molecule has 0 amide bonds. The van der Waals surface area contributed by atoms with Crippen LogP contribution in [0.15, 0.2) is 6.07 Å². The van der Waals surface area contributed by atoms with Crippen LogP contribution in [0.2, 0.25) is 0 Å². The first-order valence-electron chi connectivity index (χ1n) is 5.97. The minimum atomic E-state index is -0.245. The quantitative estimate of drug-likeness (QED) is 0.827. The van der Waals surface area contributed by atoms with Crippen molar-refractivity contribution >= 4 is 5.82 Å². The molecule has 0 fully saturated rings. The zero-order valence-corrected chi connectivity index (χ0v) is 10.4. The molecule has 0 aromatic carbocycles. The van der Waals surface area contributed by atoms with Gasteiger partial charge in [-0.3, -0.25) is 0 Å². The maximum Gasteiger partial charge on any atom is 0.144 e. The molecule has 1 aliphatic rings. The highest BCUT2D eigenvalue weighted by atomic mass is 15.1. The molecule has 0 spiro atoms. The first-order chi connectivity index (χ1) is 8.05. The Morgan fingerprint density at radius 1 is 1.53 bits per heavy atom. The van der Waals surface area contributed by atoms with Crippen molar-refractivity contribution < 1.29 is 0 Å². The van der Waals surface area contributed by atoms with Crippen LogP contribution in [0.25, 0.3) is 0 Å². The zero-order chi connectivity index (χ0) is 12.5. The van der Waals surface area contributed by atoms with Crippen LogP contribution >= 0.6 is 0 Å². The summed E-state index contributed by atoms with van der Waals surface area (Å²) in [7, 11) is 0. The summed E-state index contributed by atoms with van der Waals surface area (Å²) < 4.78 is 0. The molecule has 17 heavy (non-hydrogen) atoms. The fourth-order valence-electron chi connectivity index (χ4n) is 2.02. The highest BCUT2D eigenvalue weighted by molar-refractivity contribution is 5.56. The van der Waals surface area contributed by atoms with Crippen molar-refractivity contribution in [1.29, 1.82) is 5.26 Å². The molecule has 90 valence electrons. The average Bonchev–Trinajstić information content (AvgIpc) is 2.74. The number of hydrogen-bond donors (Lipinski definition) is 2. The molecular weight excluding hydrogens is 212 g/mol. The van der Waals surface area contributed by atoms with Crippen molar-refractivity contribution in [2.45, 2.75) is 38.6 Å². The summed E-state index contributed by atoms with van der Waals surface area (Å²) in [5.74, 6) is 0.670. The van der Waals surface area contributed by atoms with E-state index in [0.717, 1.165) is 25.0 Å². The van der Waals surface area contributed by atoms with Crippen LogP contribution in [-0.4, -0.2) is 17.1 Å². The predicted octanol–water partition coefficient (Wildman–Crippen LogP) is 1.59. The van der Waals surface area contributed by atoms with Gasteiger partial charge in [0.05, 0.1) is 5.56 Å². The topological polar surface area (TPSA) is 74.7 Å². The van der Waals surface area contributed by atoms with E-state index in [1.165, 1.54) is 5.56 Å². The van der Waals surface area contributed by atoms with Crippen molar-refractivity contribution in [3.63, 3.8) is 0 Å². The Morgan fingerprint density at radius 2 is 2.29 bits per heavy atom. The molecule has 0 saturated heterocycles. The number of anilines is 1. The summed E-state index contributed by atoms with van der Waals surface area (Å²) >= 11 is 0. The molecule has 0 atom stereocenters. The maximum atomic E-state index is 9.16. The standard InChI is InChI=1S/C13H18N4/c1-13(2,8-15)17-12-10(7-14)6-9-4-3-5-11(9)16-12/h6H,3-5,8,15H2,1-2H3,(H,16,17). The Morgan fingerprint density at radius 3 is 2.94 bits per heavy atom. The van der Waals surface area contributed by atoms with Gasteiger partial charge in [0.1, 0.15) is 11.9 Å². The van der Waals surface area contributed by atoms with Gasteiger partial charge in [-0.1, -0.05) is 0 Å². The lowest BCUT2D eigenvalue weighted by molar-refractivity contribution is 0.576. The van der Waals surface area contributed by atoms with Crippen LogP contribution in [-0.2, 0) is 12.8 Å². The lowest BCUT2D eigenvalue weighted by atomic mass is 10.1. The molecule has 0 saturated carbocycles. The third-order valence-corrected chi connectivity index (χ3v) is 3.14. The van der Waals surface area contributed by atoms with Gasteiger partial charge in [-0.2, -0.15) is 5.26 Å². The Balaban J connectivity index is 2.37. The molecule has 0 aliphatic heterocycles. The van der Waals surface area contributed by atoms with Crippen LogP contribution in [0.1, 0.15) is 37.1 Å². The summed E-state index contributed by atoms with van der Waals surface area (Å²) in [4.78, 5) is 4.57.